The number of rotatable bonds is 5. The molecule has 2 amide bonds. The van der Waals surface area contributed by atoms with Crippen LogP contribution in [0, 0.1) is 5.92 Å². The molecule has 0 saturated carbocycles. The van der Waals surface area contributed by atoms with Gasteiger partial charge in [0.05, 0.1) is 23.5 Å². The molecule has 25 heavy (non-hydrogen) atoms. The minimum Gasteiger partial charge on any atom is -0.481 e. The van der Waals surface area contributed by atoms with Gasteiger partial charge in [-0.15, -0.1) is 0 Å². The van der Waals surface area contributed by atoms with Crippen molar-refractivity contribution < 1.29 is 14.3 Å². The number of fused-ring (bicyclic) bond motifs is 1. The number of aromatic nitrogens is 2. The lowest BCUT2D eigenvalue weighted by Crippen LogP contribution is -2.27. The van der Waals surface area contributed by atoms with Gasteiger partial charge in [0, 0.05) is 6.07 Å². The second-order valence-electron chi connectivity index (χ2n) is 6.61. The summed E-state index contributed by atoms with van der Waals surface area (Å²) in [5, 5.41) is 9.92. The summed E-state index contributed by atoms with van der Waals surface area (Å²) in [6.45, 7) is 6.28. The standard InChI is InChI=1S/C18H22N4O3/c1-11(2)9-12(3)22-15(7-8-19-22)21-18(24)13-5-4-6-14-17(13)25-10-16(23)20-14/h4-8,11-12H,9-10H2,1-3H3,(H,20,23)(H,21,24)/t12-/m0/s1. The molecule has 0 unspecified atom stereocenters. The van der Waals surface area contributed by atoms with E-state index in [1.54, 1.807) is 30.5 Å². The Bertz CT molecular complexity index is 797. The van der Waals surface area contributed by atoms with E-state index in [-0.39, 0.29) is 24.5 Å². The van der Waals surface area contributed by atoms with Crippen molar-refractivity contribution in [1.29, 1.82) is 0 Å². The average Bonchev–Trinajstić information content (AvgIpc) is 3.01. The normalized spacial score (nSPS) is 14.5. The second kappa shape index (κ2) is 6.96. The van der Waals surface area contributed by atoms with Crippen molar-refractivity contribution in [2.24, 2.45) is 5.92 Å². The SMILES string of the molecule is CC(C)C[C@H](C)n1nccc1NC(=O)c1cccc2c1OCC(=O)N2. The van der Waals surface area contributed by atoms with E-state index >= 15 is 0 Å². The van der Waals surface area contributed by atoms with Crippen LogP contribution in [0.25, 0.3) is 0 Å². The zero-order valence-corrected chi connectivity index (χ0v) is 14.6. The first-order valence-corrected chi connectivity index (χ1v) is 8.36. The zero-order valence-electron chi connectivity index (χ0n) is 14.6. The molecule has 0 fully saturated rings. The van der Waals surface area contributed by atoms with Crippen molar-refractivity contribution in [1.82, 2.24) is 9.78 Å². The van der Waals surface area contributed by atoms with E-state index in [4.69, 9.17) is 4.74 Å². The quantitative estimate of drug-likeness (QED) is 0.874. The lowest BCUT2D eigenvalue weighted by atomic mass is 10.1. The number of nitrogens with zero attached hydrogens (tertiary/aromatic N) is 2. The molecule has 0 spiro atoms. The molecule has 7 nitrogen and oxygen atoms in total. The number of anilines is 2. The van der Waals surface area contributed by atoms with Crippen molar-refractivity contribution in [2.45, 2.75) is 33.2 Å². The molecule has 1 aromatic carbocycles. The average molecular weight is 342 g/mol. The Morgan fingerprint density at radius 1 is 1.36 bits per heavy atom. The Balaban J connectivity index is 1.82. The van der Waals surface area contributed by atoms with Gasteiger partial charge in [0.15, 0.2) is 12.4 Å². The number of nitrogens with one attached hydrogen (secondary N) is 2. The summed E-state index contributed by atoms with van der Waals surface area (Å²) >= 11 is 0. The van der Waals surface area contributed by atoms with E-state index in [1.807, 2.05) is 4.68 Å². The van der Waals surface area contributed by atoms with Gasteiger partial charge >= 0.3 is 0 Å². The molecular weight excluding hydrogens is 320 g/mol. The van der Waals surface area contributed by atoms with Gasteiger partial charge in [-0.1, -0.05) is 19.9 Å². The molecule has 3 rings (SSSR count). The van der Waals surface area contributed by atoms with Gasteiger partial charge in [0.1, 0.15) is 5.82 Å². The third-order valence-electron chi connectivity index (χ3n) is 4.02. The maximum absolute atomic E-state index is 12.7. The van der Waals surface area contributed by atoms with Crippen LogP contribution in [-0.4, -0.2) is 28.2 Å². The molecule has 0 radical (unpaired) electrons. The third-order valence-corrected chi connectivity index (χ3v) is 4.02. The molecule has 0 aliphatic carbocycles. The molecule has 1 atom stereocenters. The number of hydrogen-bond acceptors (Lipinski definition) is 4. The second-order valence-corrected chi connectivity index (χ2v) is 6.61. The predicted octanol–water partition coefficient (Wildman–Crippen LogP) is 3.07. The predicted molar refractivity (Wildman–Crippen MR) is 94.9 cm³/mol. The monoisotopic (exact) mass is 342 g/mol. The highest BCUT2D eigenvalue weighted by Gasteiger charge is 2.23. The molecule has 1 aromatic heterocycles. The summed E-state index contributed by atoms with van der Waals surface area (Å²) < 4.78 is 7.26. The fourth-order valence-electron chi connectivity index (χ4n) is 3.02. The van der Waals surface area contributed by atoms with E-state index in [9.17, 15) is 9.59 Å². The lowest BCUT2D eigenvalue weighted by Gasteiger charge is -2.21. The van der Waals surface area contributed by atoms with E-state index in [2.05, 4.69) is 36.5 Å². The number of ether oxygens (including phenoxy) is 1. The Hall–Kier alpha value is -2.83. The van der Waals surface area contributed by atoms with Gasteiger partial charge in [-0.05, 0) is 31.4 Å². The van der Waals surface area contributed by atoms with E-state index in [0.29, 0.717) is 28.7 Å². The number of para-hydroxylation sites is 1. The van der Waals surface area contributed by atoms with Crippen LogP contribution < -0.4 is 15.4 Å². The van der Waals surface area contributed by atoms with Crippen LogP contribution in [-0.2, 0) is 4.79 Å². The van der Waals surface area contributed by atoms with Crippen LogP contribution >= 0.6 is 0 Å². The number of amides is 2. The summed E-state index contributed by atoms with van der Waals surface area (Å²) in [6, 6.07) is 7.03. The fraction of sp³-hybridized carbons (Fsp3) is 0.389. The highest BCUT2D eigenvalue weighted by atomic mass is 16.5. The van der Waals surface area contributed by atoms with Crippen molar-refractivity contribution in [3.8, 4) is 5.75 Å². The van der Waals surface area contributed by atoms with E-state index in [1.165, 1.54) is 0 Å². The summed E-state index contributed by atoms with van der Waals surface area (Å²) in [7, 11) is 0. The van der Waals surface area contributed by atoms with Gasteiger partial charge in [-0.2, -0.15) is 5.10 Å². The minimum atomic E-state index is -0.300. The first-order chi connectivity index (χ1) is 12.0. The van der Waals surface area contributed by atoms with Crippen LogP contribution in [0.2, 0.25) is 0 Å². The minimum absolute atomic E-state index is 0.0966. The molecule has 2 N–H and O–H groups in total. The molecule has 132 valence electrons. The summed E-state index contributed by atoms with van der Waals surface area (Å²) in [6.07, 6.45) is 2.63. The smallest absolute Gasteiger partial charge is 0.262 e. The highest BCUT2D eigenvalue weighted by Crippen LogP contribution is 2.32. The topological polar surface area (TPSA) is 85.2 Å². The fourth-order valence-corrected chi connectivity index (χ4v) is 3.02. The van der Waals surface area contributed by atoms with Crippen molar-refractivity contribution >= 4 is 23.3 Å². The first-order valence-electron chi connectivity index (χ1n) is 8.36. The third kappa shape index (κ3) is 3.65. The molecule has 1 aliphatic rings. The molecular formula is C18H22N4O3. The Morgan fingerprint density at radius 3 is 2.92 bits per heavy atom. The molecule has 7 heteroatoms. The van der Waals surface area contributed by atoms with Crippen molar-refractivity contribution in [2.75, 3.05) is 17.2 Å². The molecule has 0 saturated heterocycles. The van der Waals surface area contributed by atoms with Crippen molar-refractivity contribution in [3.05, 3.63) is 36.0 Å². The summed E-state index contributed by atoms with van der Waals surface area (Å²) in [5.41, 5.74) is 0.882. The number of hydrogen-bond donors (Lipinski definition) is 2. The summed E-state index contributed by atoms with van der Waals surface area (Å²) in [4.78, 5) is 24.1. The largest absolute Gasteiger partial charge is 0.481 e. The lowest BCUT2D eigenvalue weighted by molar-refractivity contribution is -0.118. The van der Waals surface area contributed by atoms with Crippen LogP contribution in [0.1, 0.15) is 43.6 Å². The highest BCUT2D eigenvalue weighted by molar-refractivity contribution is 6.08. The van der Waals surface area contributed by atoms with Crippen LogP contribution in [0.5, 0.6) is 5.75 Å². The molecule has 2 aromatic rings. The first kappa shape index (κ1) is 17.0. The maximum Gasteiger partial charge on any atom is 0.262 e. The Labute approximate surface area is 146 Å². The van der Waals surface area contributed by atoms with Crippen LogP contribution in [0.3, 0.4) is 0 Å². The molecule has 1 aliphatic heterocycles. The van der Waals surface area contributed by atoms with Gasteiger partial charge in [-0.3, -0.25) is 9.59 Å². The summed E-state index contributed by atoms with van der Waals surface area (Å²) in [5.74, 6) is 1.02. The van der Waals surface area contributed by atoms with Gasteiger partial charge in [-0.25, -0.2) is 4.68 Å². The van der Waals surface area contributed by atoms with Gasteiger partial charge in [0.25, 0.3) is 11.8 Å². The maximum atomic E-state index is 12.7. The van der Waals surface area contributed by atoms with E-state index in [0.717, 1.165) is 6.42 Å². The number of carbonyl (C=O) groups is 2. The number of carbonyl (C=O) groups excluding carboxylic acids is 2. The Morgan fingerprint density at radius 2 is 2.16 bits per heavy atom. The zero-order chi connectivity index (χ0) is 18.0. The van der Waals surface area contributed by atoms with Crippen LogP contribution in [0.15, 0.2) is 30.5 Å². The molecule has 2 heterocycles. The van der Waals surface area contributed by atoms with Gasteiger partial charge in [0.2, 0.25) is 0 Å². The van der Waals surface area contributed by atoms with Gasteiger partial charge < -0.3 is 15.4 Å². The van der Waals surface area contributed by atoms with Crippen molar-refractivity contribution in [3.63, 3.8) is 0 Å². The number of benzene rings is 1. The Kier molecular flexibility index (Phi) is 4.74. The molecule has 0 bridgehead atoms. The van der Waals surface area contributed by atoms with E-state index < -0.39 is 0 Å². The van der Waals surface area contributed by atoms with Crippen LogP contribution in [0.4, 0.5) is 11.5 Å².